The number of hydrogen-bond donors (Lipinski definition) is 2. The van der Waals surface area contributed by atoms with E-state index in [1.54, 1.807) is 4.90 Å². The maximum atomic E-state index is 12.0. The van der Waals surface area contributed by atoms with E-state index in [1.807, 2.05) is 5.38 Å². The summed E-state index contributed by atoms with van der Waals surface area (Å²) in [5.41, 5.74) is 6.37. The molecule has 18 heavy (non-hydrogen) atoms. The lowest BCUT2D eigenvalue weighted by atomic mass is 10.2. The second-order valence-electron chi connectivity index (χ2n) is 4.25. The van der Waals surface area contributed by atoms with Crippen molar-refractivity contribution in [1.29, 1.82) is 0 Å². The van der Waals surface area contributed by atoms with Crippen molar-refractivity contribution >= 4 is 22.4 Å². The minimum Gasteiger partial charge on any atom is -0.389 e. The lowest BCUT2D eigenvalue weighted by Crippen LogP contribution is -2.37. The highest BCUT2D eigenvalue weighted by Crippen LogP contribution is 2.13. The van der Waals surface area contributed by atoms with Gasteiger partial charge in [-0.3, -0.25) is 4.79 Å². The number of aromatic nitrogens is 1. The Hall–Kier alpha value is -1.18. The number of anilines is 1. The minimum atomic E-state index is -0.591. The summed E-state index contributed by atoms with van der Waals surface area (Å²) in [6.07, 6.45) is 0.377. The van der Waals surface area contributed by atoms with Gasteiger partial charge < -0.3 is 20.5 Å². The van der Waals surface area contributed by atoms with Crippen LogP contribution in [0.2, 0.25) is 0 Å². The third kappa shape index (κ3) is 3.66. The van der Waals surface area contributed by atoms with E-state index in [1.165, 1.54) is 11.3 Å². The van der Waals surface area contributed by atoms with Crippen LogP contribution in [-0.4, -0.2) is 53.3 Å². The lowest BCUT2D eigenvalue weighted by molar-refractivity contribution is -0.132. The number of rotatable bonds is 3. The molecule has 0 bridgehead atoms. The van der Waals surface area contributed by atoms with Gasteiger partial charge in [-0.2, -0.15) is 0 Å². The SMILES string of the molecule is Nc1nc(CCC(=O)N2CCOCC(O)C2)cs1. The Balaban J connectivity index is 1.83. The fourth-order valence-corrected chi connectivity index (χ4v) is 2.45. The number of nitrogens with two attached hydrogens (primary N) is 1. The molecule has 1 fully saturated rings. The number of carbonyl (C=O) groups is 1. The first-order valence-corrected chi connectivity index (χ1v) is 6.76. The minimum absolute atomic E-state index is 0.0196. The van der Waals surface area contributed by atoms with Gasteiger partial charge in [-0.05, 0) is 6.42 Å². The van der Waals surface area contributed by atoms with E-state index < -0.39 is 6.10 Å². The Morgan fingerprint density at radius 2 is 2.56 bits per heavy atom. The van der Waals surface area contributed by atoms with Gasteiger partial charge in [0.05, 0.1) is 25.0 Å². The van der Waals surface area contributed by atoms with Gasteiger partial charge in [0.2, 0.25) is 5.91 Å². The summed E-state index contributed by atoms with van der Waals surface area (Å²) in [6, 6.07) is 0. The van der Waals surface area contributed by atoms with E-state index in [2.05, 4.69) is 4.98 Å². The quantitative estimate of drug-likeness (QED) is 0.800. The van der Waals surface area contributed by atoms with Crippen molar-refractivity contribution in [1.82, 2.24) is 9.88 Å². The van der Waals surface area contributed by atoms with Crippen LogP contribution in [0.4, 0.5) is 5.13 Å². The molecule has 2 rings (SSSR count). The number of β-amino-alcohol motifs (C(OH)–C–C–N with tert-alkyl or cyclic N) is 1. The zero-order valence-electron chi connectivity index (χ0n) is 10.0. The topological polar surface area (TPSA) is 88.7 Å². The molecule has 1 atom stereocenters. The molecule has 7 heteroatoms. The molecule has 3 N–H and O–H groups in total. The average molecular weight is 271 g/mol. The largest absolute Gasteiger partial charge is 0.389 e. The number of thiazole rings is 1. The van der Waals surface area contributed by atoms with E-state index >= 15 is 0 Å². The van der Waals surface area contributed by atoms with Crippen molar-refractivity contribution in [3.8, 4) is 0 Å². The van der Waals surface area contributed by atoms with Gasteiger partial charge >= 0.3 is 0 Å². The van der Waals surface area contributed by atoms with Gasteiger partial charge in [-0.1, -0.05) is 0 Å². The van der Waals surface area contributed by atoms with Crippen molar-refractivity contribution in [2.45, 2.75) is 18.9 Å². The molecule has 1 unspecified atom stereocenters. The zero-order valence-corrected chi connectivity index (χ0v) is 10.9. The summed E-state index contributed by atoms with van der Waals surface area (Å²) in [4.78, 5) is 17.7. The van der Waals surface area contributed by atoms with Crippen LogP contribution in [0.15, 0.2) is 5.38 Å². The van der Waals surface area contributed by atoms with Crippen LogP contribution in [-0.2, 0) is 16.0 Å². The molecular formula is C11H17N3O3S. The summed E-state index contributed by atoms with van der Waals surface area (Å²) < 4.78 is 5.18. The molecule has 100 valence electrons. The van der Waals surface area contributed by atoms with Crippen molar-refractivity contribution in [3.05, 3.63) is 11.1 Å². The molecule has 1 aromatic rings. The molecule has 0 radical (unpaired) electrons. The van der Waals surface area contributed by atoms with Crippen LogP contribution >= 0.6 is 11.3 Å². The molecular weight excluding hydrogens is 254 g/mol. The molecule has 0 spiro atoms. The van der Waals surface area contributed by atoms with Crippen LogP contribution in [0, 0.1) is 0 Å². The highest BCUT2D eigenvalue weighted by molar-refractivity contribution is 7.13. The highest BCUT2D eigenvalue weighted by Gasteiger charge is 2.20. The maximum Gasteiger partial charge on any atom is 0.223 e. The number of aliphatic hydroxyl groups is 1. The first-order chi connectivity index (χ1) is 8.65. The Kier molecular flexibility index (Phi) is 4.51. The van der Waals surface area contributed by atoms with Crippen LogP contribution in [0.25, 0.3) is 0 Å². The molecule has 2 heterocycles. The van der Waals surface area contributed by atoms with Crippen molar-refractivity contribution in [2.24, 2.45) is 0 Å². The monoisotopic (exact) mass is 271 g/mol. The first-order valence-electron chi connectivity index (χ1n) is 5.88. The Labute approximate surface area is 109 Å². The van der Waals surface area contributed by atoms with E-state index in [4.69, 9.17) is 10.5 Å². The molecule has 0 aliphatic carbocycles. The van der Waals surface area contributed by atoms with E-state index in [-0.39, 0.29) is 5.91 Å². The summed E-state index contributed by atoms with van der Waals surface area (Å²) in [5, 5.41) is 11.9. The predicted molar refractivity (Wildman–Crippen MR) is 68.3 cm³/mol. The van der Waals surface area contributed by atoms with Gasteiger partial charge in [0.1, 0.15) is 0 Å². The standard InChI is InChI=1S/C11H17N3O3S/c12-11-13-8(7-18-11)1-2-10(16)14-3-4-17-6-9(15)5-14/h7,9,15H,1-6H2,(H2,12,13). The molecule has 1 aromatic heterocycles. The summed E-state index contributed by atoms with van der Waals surface area (Å²) in [5.74, 6) is 0.0196. The Bertz CT molecular complexity index is 410. The molecule has 0 aromatic carbocycles. The Morgan fingerprint density at radius 1 is 1.72 bits per heavy atom. The second kappa shape index (κ2) is 6.12. The molecule has 1 amide bonds. The smallest absolute Gasteiger partial charge is 0.223 e. The fraction of sp³-hybridized carbons (Fsp3) is 0.636. The van der Waals surface area contributed by atoms with E-state index in [0.717, 1.165) is 5.69 Å². The number of nitrogens with zero attached hydrogens (tertiary/aromatic N) is 2. The molecule has 1 aliphatic rings. The average Bonchev–Trinajstić information content (AvgIpc) is 2.63. The van der Waals surface area contributed by atoms with Gasteiger partial charge in [0, 0.05) is 24.9 Å². The van der Waals surface area contributed by atoms with Gasteiger partial charge in [0.25, 0.3) is 0 Å². The Morgan fingerprint density at radius 3 is 3.28 bits per heavy atom. The number of aliphatic hydroxyl groups excluding tert-OH is 1. The van der Waals surface area contributed by atoms with Gasteiger partial charge in [-0.15, -0.1) is 11.3 Å². The third-order valence-electron chi connectivity index (χ3n) is 2.76. The molecule has 1 saturated heterocycles. The summed E-state index contributed by atoms with van der Waals surface area (Å²) >= 11 is 1.38. The second-order valence-corrected chi connectivity index (χ2v) is 5.14. The third-order valence-corrected chi connectivity index (χ3v) is 3.49. The molecule has 1 aliphatic heterocycles. The van der Waals surface area contributed by atoms with E-state index in [9.17, 15) is 9.90 Å². The van der Waals surface area contributed by atoms with Crippen LogP contribution < -0.4 is 5.73 Å². The normalized spacial score (nSPS) is 20.7. The number of aryl methyl sites for hydroxylation is 1. The highest BCUT2D eigenvalue weighted by atomic mass is 32.1. The zero-order chi connectivity index (χ0) is 13.0. The maximum absolute atomic E-state index is 12.0. The predicted octanol–water partition coefficient (Wildman–Crippen LogP) is -0.122. The van der Waals surface area contributed by atoms with Crippen molar-refractivity contribution in [3.63, 3.8) is 0 Å². The van der Waals surface area contributed by atoms with Crippen LogP contribution in [0.5, 0.6) is 0 Å². The lowest BCUT2D eigenvalue weighted by Gasteiger charge is -2.21. The first kappa shape index (κ1) is 13.3. The number of amides is 1. The van der Waals surface area contributed by atoms with Crippen LogP contribution in [0.3, 0.4) is 0 Å². The molecule has 6 nitrogen and oxygen atoms in total. The number of carbonyl (C=O) groups excluding carboxylic acids is 1. The summed E-state index contributed by atoms with van der Waals surface area (Å²) in [7, 11) is 0. The van der Waals surface area contributed by atoms with Gasteiger partial charge in [-0.25, -0.2) is 4.98 Å². The fourth-order valence-electron chi connectivity index (χ4n) is 1.85. The number of nitrogen functional groups attached to an aromatic ring is 1. The summed E-state index contributed by atoms with van der Waals surface area (Å²) in [6.45, 7) is 1.66. The number of hydrogen-bond acceptors (Lipinski definition) is 6. The van der Waals surface area contributed by atoms with E-state index in [0.29, 0.717) is 44.3 Å². The van der Waals surface area contributed by atoms with Crippen molar-refractivity contribution < 1.29 is 14.6 Å². The number of ether oxygens (including phenoxy) is 1. The van der Waals surface area contributed by atoms with Gasteiger partial charge in [0.15, 0.2) is 5.13 Å². The molecule has 0 saturated carbocycles. The van der Waals surface area contributed by atoms with Crippen LogP contribution in [0.1, 0.15) is 12.1 Å². The van der Waals surface area contributed by atoms with Crippen molar-refractivity contribution in [2.75, 3.05) is 32.0 Å².